The highest BCUT2D eigenvalue weighted by Crippen LogP contribution is 2.18. The van der Waals surface area contributed by atoms with Gasteiger partial charge in [-0.1, -0.05) is 32.0 Å². The third kappa shape index (κ3) is 4.91. The summed E-state index contributed by atoms with van der Waals surface area (Å²) in [5.74, 6) is 1.02. The molecule has 106 valence electrons. The van der Waals surface area contributed by atoms with E-state index >= 15 is 0 Å². The van der Waals surface area contributed by atoms with Crippen LogP contribution in [0.15, 0.2) is 24.3 Å². The zero-order valence-electron chi connectivity index (χ0n) is 12.1. The Morgan fingerprint density at radius 2 is 1.95 bits per heavy atom. The molecule has 1 N–H and O–H groups in total. The maximum Gasteiger partial charge on any atom is 0.307 e. The van der Waals surface area contributed by atoms with Gasteiger partial charge in [0.25, 0.3) is 0 Å². The Morgan fingerprint density at radius 3 is 2.53 bits per heavy atom. The van der Waals surface area contributed by atoms with Gasteiger partial charge in [-0.25, -0.2) is 0 Å². The van der Waals surface area contributed by atoms with Crippen molar-refractivity contribution in [2.45, 2.75) is 32.9 Å². The molecular formula is C15H23NO3. The number of ether oxygens (including phenoxy) is 2. The first kappa shape index (κ1) is 15.5. The maximum absolute atomic E-state index is 11.4. The Balaban J connectivity index is 2.63. The summed E-state index contributed by atoms with van der Waals surface area (Å²) in [6.07, 6.45) is 0.378. The standard InChI is InChI=1S/C15H23NO3/c1-11(2)13(9-15(17)19-4)16-10-12-7-5-6-8-14(12)18-3/h5-8,11,13,16H,9-10H2,1-4H3. The van der Waals surface area contributed by atoms with Crippen LogP contribution in [-0.2, 0) is 16.1 Å². The Bertz CT molecular complexity index is 404. The van der Waals surface area contributed by atoms with Gasteiger partial charge in [0, 0.05) is 18.2 Å². The van der Waals surface area contributed by atoms with Crippen LogP contribution >= 0.6 is 0 Å². The molecule has 0 bridgehead atoms. The van der Waals surface area contributed by atoms with Crippen molar-refractivity contribution >= 4 is 5.97 Å². The van der Waals surface area contributed by atoms with Gasteiger partial charge in [-0.3, -0.25) is 4.79 Å². The van der Waals surface area contributed by atoms with Gasteiger partial charge in [0.15, 0.2) is 0 Å². The van der Waals surface area contributed by atoms with E-state index in [9.17, 15) is 4.79 Å². The summed E-state index contributed by atoms with van der Waals surface area (Å²) >= 11 is 0. The summed E-state index contributed by atoms with van der Waals surface area (Å²) in [7, 11) is 3.08. The number of para-hydroxylation sites is 1. The SMILES string of the molecule is COC(=O)CC(NCc1ccccc1OC)C(C)C. The molecule has 0 aliphatic rings. The molecule has 0 saturated carbocycles. The first-order valence-corrected chi connectivity index (χ1v) is 6.50. The summed E-state index contributed by atoms with van der Waals surface area (Å²) < 4.78 is 10.0. The van der Waals surface area contributed by atoms with Gasteiger partial charge in [0.2, 0.25) is 0 Å². The minimum atomic E-state index is -0.189. The molecule has 1 atom stereocenters. The van der Waals surface area contributed by atoms with E-state index in [-0.39, 0.29) is 12.0 Å². The van der Waals surface area contributed by atoms with Crippen LogP contribution in [0.5, 0.6) is 5.75 Å². The molecule has 19 heavy (non-hydrogen) atoms. The lowest BCUT2D eigenvalue weighted by Crippen LogP contribution is -2.35. The van der Waals surface area contributed by atoms with Crippen LogP contribution in [-0.4, -0.2) is 26.2 Å². The van der Waals surface area contributed by atoms with Crippen molar-refractivity contribution in [2.75, 3.05) is 14.2 Å². The van der Waals surface area contributed by atoms with Crippen molar-refractivity contribution in [2.24, 2.45) is 5.92 Å². The van der Waals surface area contributed by atoms with Crippen LogP contribution < -0.4 is 10.1 Å². The minimum absolute atomic E-state index is 0.0948. The molecule has 1 rings (SSSR count). The zero-order chi connectivity index (χ0) is 14.3. The number of benzene rings is 1. The third-order valence-electron chi connectivity index (χ3n) is 3.17. The maximum atomic E-state index is 11.4. The van der Waals surface area contributed by atoms with Gasteiger partial charge in [0.1, 0.15) is 5.75 Å². The number of methoxy groups -OCH3 is 2. The second-order valence-electron chi connectivity index (χ2n) is 4.82. The second-order valence-corrected chi connectivity index (χ2v) is 4.82. The average molecular weight is 265 g/mol. The number of nitrogens with one attached hydrogen (secondary N) is 1. The average Bonchev–Trinajstić information content (AvgIpc) is 2.43. The number of carbonyl (C=O) groups excluding carboxylic acids is 1. The van der Waals surface area contributed by atoms with Gasteiger partial charge in [0.05, 0.1) is 20.6 Å². The molecule has 0 heterocycles. The highest BCUT2D eigenvalue weighted by atomic mass is 16.5. The minimum Gasteiger partial charge on any atom is -0.496 e. The van der Waals surface area contributed by atoms with Crippen LogP contribution in [0.4, 0.5) is 0 Å². The van der Waals surface area contributed by atoms with E-state index in [1.165, 1.54) is 7.11 Å². The summed E-state index contributed by atoms with van der Waals surface area (Å²) in [5.41, 5.74) is 1.08. The predicted molar refractivity (Wildman–Crippen MR) is 75.1 cm³/mol. The third-order valence-corrected chi connectivity index (χ3v) is 3.17. The highest BCUT2D eigenvalue weighted by Gasteiger charge is 2.17. The molecule has 0 radical (unpaired) electrons. The predicted octanol–water partition coefficient (Wildman–Crippen LogP) is 2.37. The normalized spacial score (nSPS) is 12.3. The molecule has 1 aromatic rings. The molecule has 1 aromatic carbocycles. The van der Waals surface area contributed by atoms with E-state index in [4.69, 9.17) is 9.47 Å². The topological polar surface area (TPSA) is 47.6 Å². The fraction of sp³-hybridized carbons (Fsp3) is 0.533. The first-order chi connectivity index (χ1) is 9.08. The van der Waals surface area contributed by atoms with Gasteiger partial charge in [-0.2, -0.15) is 0 Å². The second kappa shape index (κ2) is 7.79. The monoisotopic (exact) mass is 265 g/mol. The van der Waals surface area contributed by atoms with Crippen molar-refractivity contribution in [3.05, 3.63) is 29.8 Å². The van der Waals surface area contributed by atoms with Crippen molar-refractivity contribution in [3.8, 4) is 5.75 Å². The number of hydrogen-bond donors (Lipinski definition) is 1. The summed E-state index contributed by atoms with van der Waals surface area (Å²) in [6.45, 7) is 4.84. The van der Waals surface area contributed by atoms with E-state index in [1.54, 1.807) is 7.11 Å². The van der Waals surface area contributed by atoms with E-state index in [2.05, 4.69) is 19.2 Å². The quantitative estimate of drug-likeness (QED) is 0.769. The number of hydrogen-bond acceptors (Lipinski definition) is 4. The molecule has 0 saturated heterocycles. The molecule has 0 aliphatic heterocycles. The van der Waals surface area contributed by atoms with Gasteiger partial charge < -0.3 is 14.8 Å². The Hall–Kier alpha value is -1.55. The van der Waals surface area contributed by atoms with Crippen molar-refractivity contribution in [1.29, 1.82) is 0 Å². The van der Waals surface area contributed by atoms with Crippen molar-refractivity contribution in [1.82, 2.24) is 5.32 Å². The molecule has 0 spiro atoms. The fourth-order valence-electron chi connectivity index (χ4n) is 1.90. The zero-order valence-corrected chi connectivity index (χ0v) is 12.1. The van der Waals surface area contributed by atoms with E-state index in [0.29, 0.717) is 18.9 Å². The lowest BCUT2D eigenvalue weighted by molar-refractivity contribution is -0.141. The van der Waals surface area contributed by atoms with Crippen LogP contribution in [0.2, 0.25) is 0 Å². The van der Waals surface area contributed by atoms with Crippen molar-refractivity contribution in [3.63, 3.8) is 0 Å². The number of esters is 1. The van der Waals surface area contributed by atoms with E-state index in [1.807, 2.05) is 24.3 Å². The summed E-state index contributed by atoms with van der Waals surface area (Å²) in [4.78, 5) is 11.4. The van der Waals surface area contributed by atoms with E-state index < -0.39 is 0 Å². The molecular weight excluding hydrogens is 242 g/mol. The molecule has 1 unspecified atom stereocenters. The molecule has 0 aromatic heterocycles. The Kier molecular flexibility index (Phi) is 6.36. The smallest absolute Gasteiger partial charge is 0.307 e. The highest BCUT2D eigenvalue weighted by molar-refractivity contribution is 5.69. The van der Waals surface area contributed by atoms with Crippen LogP contribution in [0.25, 0.3) is 0 Å². The summed E-state index contributed by atoms with van der Waals surface area (Å²) in [5, 5.41) is 3.39. The number of rotatable bonds is 7. The lowest BCUT2D eigenvalue weighted by atomic mass is 10.0. The molecule has 4 heteroatoms. The largest absolute Gasteiger partial charge is 0.496 e. The first-order valence-electron chi connectivity index (χ1n) is 6.50. The van der Waals surface area contributed by atoms with Crippen LogP contribution in [0.1, 0.15) is 25.8 Å². The molecule has 0 fully saturated rings. The van der Waals surface area contributed by atoms with Gasteiger partial charge in [-0.05, 0) is 12.0 Å². The summed E-state index contributed by atoms with van der Waals surface area (Å²) in [6, 6.07) is 7.96. The molecule has 0 aliphatic carbocycles. The Labute approximate surface area is 115 Å². The van der Waals surface area contributed by atoms with Crippen LogP contribution in [0, 0.1) is 5.92 Å². The lowest BCUT2D eigenvalue weighted by Gasteiger charge is -2.22. The fourth-order valence-corrected chi connectivity index (χ4v) is 1.90. The molecule has 4 nitrogen and oxygen atoms in total. The van der Waals surface area contributed by atoms with E-state index in [0.717, 1.165) is 11.3 Å². The van der Waals surface area contributed by atoms with Crippen LogP contribution in [0.3, 0.4) is 0 Å². The van der Waals surface area contributed by atoms with Crippen molar-refractivity contribution < 1.29 is 14.3 Å². The molecule has 0 amide bonds. The van der Waals surface area contributed by atoms with Gasteiger partial charge >= 0.3 is 5.97 Å². The Morgan fingerprint density at radius 1 is 1.26 bits per heavy atom. The number of carbonyl (C=O) groups is 1. The van der Waals surface area contributed by atoms with Gasteiger partial charge in [-0.15, -0.1) is 0 Å².